The van der Waals surface area contributed by atoms with Crippen LogP contribution in [0.4, 0.5) is 0 Å². The number of carboxylic acids is 1. The summed E-state index contributed by atoms with van der Waals surface area (Å²) < 4.78 is 56.6. The minimum Gasteiger partial charge on any atom is -0.477 e. The van der Waals surface area contributed by atoms with Crippen molar-refractivity contribution < 1.29 is 75.4 Å². The molecular formula is C73H94N7O16PS4Si2. The van der Waals surface area contributed by atoms with E-state index in [1.54, 1.807) is 90.7 Å². The summed E-state index contributed by atoms with van der Waals surface area (Å²) >= 11 is 5.87. The van der Waals surface area contributed by atoms with Crippen LogP contribution in [-0.2, 0) is 56.2 Å². The number of carbonyl (C=O) groups excluding carboxylic acids is 5. The molecule has 12 rings (SSSR count). The van der Waals surface area contributed by atoms with Gasteiger partial charge in [-0.05, 0) is 129 Å². The molecule has 103 heavy (non-hydrogen) atoms. The van der Waals surface area contributed by atoms with Crippen molar-refractivity contribution in [3.8, 4) is 11.5 Å². The monoisotopic (exact) mass is 1540 g/mol. The molecule has 8 aliphatic rings. The number of nitrogens with one attached hydrogen (secondary N) is 1. The molecule has 14 atom stereocenters. The van der Waals surface area contributed by atoms with Crippen molar-refractivity contribution in [2.24, 2.45) is 35.5 Å². The first-order valence-electron chi connectivity index (χ1n) is 34.6. The summed E-state index contributed by atoms with van der Waals surface area (Å²) in [6, 6.07) is 17.0. The highest BCUT2D eigenvalue weighted by Gasteiger charge is 2.64. The molecule has 30 heteroatoms. The number of para-hydroxylation sites is 2. The molecule has 23 nitrogen and oxygen atoms in total. The number of hydrogen-bond donors (Lipinski definition) is 3. The van der Waals surface area contributed by atoms with Crippen LogP contribution in [0.25, 0.3) is 11.1 Å². The number of β-lactam (4-membered cyclic amide) rings is 3. The average molecular weight is 1540 g/mol. The zero-order valence-electron chi connectivity index (χ0n) is 60.9. The molecule has 0 spiro atoms. The van der Waals surface area contributed by atoms with Gasteiger partial charge in [0, 0.05) is 63.5 Å². The molecule has 2 aromatic carbocycles. The van der Waals surface area contributed by atoms with Crippen molar-refractivity contribution in [3.05, 3.63) is 153 Å². The van der Waals surface area contributed by atoms with E-state index in [0.29, 0.717) is 22.7 Å². The number of thioether (sulfide) groups is 2. The smallest absolute Gasteiger partial charge is 0.477 e. The van der Waals surface area contributed by atoms with E-state index in [2.05, 4.69) is 93.4 Å². The highest BCUT2D eigenvalue weighted by Crippen LogP contribution is 2.59. The first-order valence-corrected chi connectivity index (χ1v) is 46.3. The second-order valence-corrected chi connectivity index (χ2v) is 43.6. The Balaban J connectivity index is 0.000000168. The lowest BCUT2D eigenvalue weighted by Gasteiger charge is -2.48. The number of aliphatic carboxylic acids is 1. The number of benzene rings is 2. The van der Waals surface area contributed by atoms with Gasteiger partial charge in [-0.25, -0.2) is 24.4 Å². The summed E-state index contributed by atoms with van der Waals surface area (Å²) in [5.74, 6) is -4.62. The fourth-order valence-corrected chi connectivity index (χ4v) is 22.3. The van der Waals surface area contributed by atoms with E-state index in [-0.39, 0.29) is 102 Å². The molecule has 0 aliphatic carbocycles. The van der Waals surface area contributed by atoms with Gasteiger partial charge in [-0.2, -0.15) is 4.57 Å². The van der Waals surface area contributed by atoms with E-state index in [1.807, 2.05) is 45.8 Å². The lowest BCUT2D eigenvalue weighted by atomic mass is 9.79. The van der Waals surface area contributed by atoms with Crippen molar-refractivity contribution in [1.29, 1.82) is 0 Å². The van der Waals surface area contributed by atoms with Gasteiger partial charge < -0.3 is 57.2 Å². The summed E-state index contributed by atoms with van der Waals surface area (Å²) in [7, 11) is -6.08. The van der Waals surface area contributed by atoms with E-state index in [1.165, 1.54) is 62.4 Å². The summed E-state index contributed by atoms with van der Waals surface area (Å²) in [6.45, 7) is 37.0. The Morgan fingerprint density at radius 3 is 1.54 bits per heavy atom. The Hall–Kier alpha value is -6.74. The molecule has 0 radical (unpaired) electrons. The maximum absolute atomic E-state index is 14.2. The van der Waals surface area contributed by atoms with Gasteiger partial charge in [-0.3, -0.25) is 24.2 Å². The van der Waals surface area contributed by atoms with Gasteiger partial charge in [0.15, 0.2) is 31.0 Å². The van der Waals surface area contributed by atoms with Crippen LogP contribution in [0, 0.1) is 35.5 Å². The number of thiazole rings is 2. The quantitative estimate of drug-likeness (QED) is 0.0173. The second-order valence-electron chi connectivity index (χ2n) is 28.9. The molecule has 2 aromatic heterocycles. The van der Waals surface area contributed by atoms with E-state index in [9.17, 15) is 43.5 Å². The molecule has 2 unspecified atom stereocenters. The Morgan fingerprint density at radius 2 is 1.09 bits per heavy atom. The number of ether oxygens (including phenoxy) is 2. The van der Waals surface area contributed by atoms with Crippen molar-refractivity contribution >= 4 is 117 Å². The predicted octanol–water partition coefficient (Wildman–Crippen LogP) is 13.1. The van der Waals surface area contributed by atoms with Gasteiger partial charge in [-0.15, -0.1) is 22.7 Å². The first-order chi connectivity index (χ1) is 48.7. The third-order valence-corrected chi connectivity index (χ3v) is 26.9. The number of aliphatic hydroxyl groups excluding tert-OH is 1. The predicted molar refractivity (Wildman–Crippen MR) is 404 cm³/mol. The summed E-state index contributed by atoms with van der Waals surface area (Å²) in [6.07, 6.45) is 8.01. The number of likely N-dealkylation sites (N-methyl/N-ethyl adjacent to an activating group) is 1. The maximum atomic E-state index is 14.2. The molecule has 3 amide bonds. The fraction of sp³-hybridized carbons (Fsp3) is 0.479. The number of carboxylic acid groups (broad SMARTS) is 1. The van der Waals surface area contributed by atoms with Crippen molar-refractivity contribution in [2.75, 3.05) is 33.4 Å². The highest BCUT2D eigenvalue weighted by atomic mass is 32.2. The number of nitrogens with zero attached hydrogens (tertiary/aromatic N) is 6. The van der Waals surface area contributed by atoms with E-state index in [0.717, 1.165) is 56.5 Å². The number of hydrogen-bond acceptors (Lipinski definition) is 23. The molecule has 554 valence electrons. The molecular weight excluding hydrogens is 1450 g/mol. The number of aliphatic hydroxyl groups is 1. The van der Waals surface area contributed by atoms with E-state index < -0.39 is 72.3 Å². The Morgan fingerprint density at radius 1 is 0.650 bits per heavy atom. The van der Waals surface area contributed by atoms with Crippen molar-refractivity contribution in [1.82, 2.24) is 34.9 Å². The number of esters is 2. The van der Waals surface area contributed by atoms with Gasteiger partial charge in [-0.1, -0.05) is 118 Å². The third kappa shape index (κ3) is 17.2. The first kappa shape index (κ1) is 78.8. The van der Waals surface area contributed by atoms with Gasteiger partial charge in [0.2, 0.25) is 17.7 Å². The number of rotatable bonds is 26. The lowest BCUT2D eigenvalue weighted by molar-refractivity contribution is -0.163. The standard InChI is InChI=1S/C28H34NO8PSi.C26H37N3O4S2Si.C19H23N3O4S2/c1-7-18-33-28(31)25-26(19(2)24-23(27(30)29(24)25)20(3)37-39(4,5)6)36-38(32,34-21-14-10-8-11-15-21)35-22-16-12-9-13-17-22;1-9-12-32-25(31)22-23(16(3)21-20(24(30)29(21)22)17(4)33-36(6,7)8)35-26-27-19(14-34-26)18-11-10-15(2)28(5)13-18;1-8-4-5-11(6-20-8)12-7-27-19(21-12)28-16-9(2)14-13(10(3)23)17(24)22(14)15(16)18(25)26/h7-17,19-20,23-24H,1,18H2,2-6H3;9,11,14-17,20-21H,1,10,12-13H2,2-8H3;5,7-10,13-14,20,23H,4,6H2,1-3H3,(H,25,26)/t19-,20-,23-,24-;15?,16-,17-,20-,21-;8?,9-,10-,13-,14-/m111/s1. The van der Waals surface area contributed by atoms with Crippen LogP contribution in [-0.4, -0.2) is 174 Å². The van der Waals surface area contributed by atoms with Crippen LogP contribution in [0.5, 0.6) is 11.5 Å². The molecule has 8 aliphatic heterocycles. The Labute approximate surface area is 621 Å². The van der Waals surface area contributed by atoms with Crippen LogP contribution in [0.15, 0.2) is 150 Å². The summed E-state index contributed by atoms with van der Waals surface area (Å²) in [5, 5.41) is 27.1. The van der Waals surface area contributed by atoms with Crippen LogP contribution >= 0.6 is 54.0 Å². The lowest BCUT2D eigenvalue weighted by Crippen LogP contribution is -2.64. The largest absolute Gasteiger partial charge is 0.646 e. The maximum Gasteiger partial charge on any atom is 0.646 e. The van der Waals surface area contributed by atoms with Gasteiger partial charge in [0.25, 0.3) is 0 Å². The number of phosphoric acid groups is 1. The molecule has 3 N–H and O–H groups in total. The minimum absolute atomic E-state index is 0.000288. The molecule has 0 bridgehead atoms. The fourth-order valence-electron chi connectivity index (χ4n) is 14.2. The number of phosphoric ester groups is 1. The molecule has 0 saturated carbocycles. The third-order valence-electron chi connectivity index (χ3n) is 19.0. The van der Waals surface area contributed by atoms with Crippen molar-refractivity contribution in [2.45, 2.75) is 165 Å². The number of aromatic nitrogens is 2. The summed E-state index contributed by atoms with van der Waals surface area (Å²) in [4.78, 5) is 95.1. The normalized spacial score (nSPS) is 26.1. The zero-order valence-corrected chi connectivity index (χ0v) is 67.0. The molecule has 4 aromatic rings. The van der Waals surface area contributed by atoms with Crippen LogP contribution < -0.4 is 14.4 Å². The molecule has 10 heterocycles. The Bertz CT molecular complexity index is 4070. The van der Waals surface area contributed by atoms with Gasteiger partial charge >= 0.3 is 25.7 Å². The van der Waals surface area contributed by atoms with Gasteiger partial charge in [0.05, 0.1) is 65.6 Å². The Kier molecular flexibility index (Phi) is 24.9. The van der Waals surface area contributed by atoms with Crippen LogP contribution in [0.1, 0.15) is 79.6 Å². The number of carbonyl (C=O) groups is 6. The molecule has 3 saturated heterocycles. The van der Waals surface area contributed by atoms with Crippen molar-refractivity contribution in [3.63, 3.8) is 0 Å². The van der Waals surface area contributed by atoms with Gasteiger partial charge in [0.1, 0.15) is 41.9 Å². The van der Waals surface area contributed by atoms with E-state index >= 15 is 0 Å². The highest BCUT2D eigenvalue weighted by molar-refractivity contribution is 8.05. The minimum atomic E-state index is -4.42. The topological polar surface area (TPSA) is 275 Å². The SMILES string of the molecule is C=CCOC(=O)C1=C(OP(=O)(Oc2ccccc2)Oc2ccccc2)[C@H](C)[C@@H]2[C@@H]([C@@H](C)O[Si](C)(C)C)C(=O)N12.C=CCOC(=O)C1=C(Sc2nc(C3=CCC(C)N(C)C3)cs2)[C@H](C)[C@@H]2[C@@H]([C@@H](C)O[Si](C)(C)C)C(=O)N12.CC1CC=C(c2csc(SC3=C(C(=O)O)N4C(=O)[C@H]([C@@H](C)O)[C@H]4[C@H]3C)n2)CN1. The second kappa shape index (κ2) is 32.5. The van der Waals surface area contributed by atoms with Crippen LogP contribution in [0.3, 0.4) is 0 Å². The zero-order chi connectivity index (χ0) is 74.9. The van der Waals surface area contributed by atoms with E-state index in [4.69, 9.17) is 36.9 Å². The molecule has 3 fully saturated rings. The summed E-state index contributed by atoms with van der Waals surface area (Å²) in [5.41, 5.74) is 4.55. The van der Waals surface area contributed by atoms with Crippen LogP contribution in [0.2, 0.25) is 39.3 Å². The number of amides is 3. The number of fused-ring (bicyclic) bond motifs is 3. The average Bonchev–Trinajstić information content (AvgIpc) is 1.58.